The Morgan fingerprint density at radius 2 is 1.39 bits per heavy atom. The fourth-order valence-corrected chi connectivity index (χ4v) is 4.70. The third-order valence-corrected chi connectivity index (χ3v) is 6.84. The van der Waals surface area contributed by atoms with E-state index in [1.165, 1.54) is 18.2 Å². The maximum Gasteiger partial charge on any atom is 0.229 e. The van der Waals surface area contributed by atoms with Gasteiger partial charge in [0.2, 0.25) is 10.0 Å². The van der Waals surface area contributed by atoms with Crippen LogP contribution >= 0.6 is 0 Å². The van der Waals surface area contributed by atoms with Crippen molar-refractivity contribution >= 4 is 15.7 Å². The molecule has 0 fully saturated rings. The molecule has 0 aliphatic rings. The summed E-state index contributed by atoms with van der Waals surface area (Å²) in [6.07, 6.45) is 2.21. The lowest BCUT2D eigenvalue weighted by atomic mass is 9.86. The normalized spacial score (nSPS) is 13.1. The SMILES string of the molecule is COc1ccc(C(CCCC(N)[C@H](O)COc2ccc(O)c(NS(C)(=O)=O)c2)c2ccc(OC)cc2)cc1. The molecular formula is C28H36N2O7S. The predicted molar refractivity (Wildman–Crippen MR) is 148 cm³/mol. The number of phenolic OH excluding ortho intramolecular Hbond substituents is 1. The van der Waals surface area contributed by atoms with Gasteiger partial charge in [-0.3, -0.25) is 4.72 Å². The lowest BCUT2D eigenvalue weighted by Crippen LogP contribution is -2.38. The van der Waals surface area contributed by atoms with Crippen molar-refractivity contribution in [2.45, 2.75) is 37.3 Å². The number of phenols is 1. The zero-order chi connectivity index (χ0) is 27.7. The first-order chi connectivity index (χ1) is 18.1. The number of aromatic hydroxyl groups is 1. The standard InChI is InChI=1S/C28H36N2O7S/c1-35-21-11-7-19(8-12-21)24(20-9-13-22(36-2)14-10-20)5-4-6-25(29)28(32)18-37-23-15-16-27(31)26(17-23)30-38(3,33)34/h7-17,24-25,28,30-32H,4-6,18,29H2,1-3H3/t25?,28-/m1/s1. The number of nitrogens with one attached hydrogen (secondary N) is 1. The van der Waals surface area contributed by atoms with Crippen molar-refractivity contribution in [2.24, 2.45) is 5.73 Å². The summed E-state index contributed by atoms with van der Waals surface area (Å²) in [6.45, 7) is -0.0787. The number of hydrogen-bond donors (Lipinski definition) is 4. The van der Waals surface area contributed by atoms with Crippen molar-refractivity contribution in [3.8, 4) is 23.0 Å². The first kappa shape index (κ1) is 29.1. The van der Waals surface area contributed by atoms with Gasteiger partial charge in [-0.25, -0.2) is 8.42 Å². The van der Waals surface area contributed by atoms with Gasteiger partial charge in [-0.15, -0.1) is 0 Å². The Morgan fingerprint density at radius 1 is 0.868 bits per heavy atom. The average Bonchev–Trinajstić information content (AvgIpc) is 2.90. The summed E-state index contributed by atoms with van der Waals surface area (Å²) in [5, 5.41) is 20.4. The smallest absolute Gasteiger partial charge is 0.229 e. The Balaban J connectivity index is 1.59. The minimum Gasteiger partial charge on any atom is -0.506 e. The second kappa shape index (κ2) is 13.4. The summed E-state index contributed by atoms with van der Waals surface area (Å²) in [5.41, 5.74) is 8.56. The summed E-state index contributed by atoms with van der Waals surface area (Å²) >= 11 is 0. The molecule has 2 atom stereocenters. The molecule has 0 heterocycles. The number of rotatable bonds is 14. The third kappa shape index (κ3) is 8.54. The quantitative estimate of drug-likeness (QED) is 0.224. The van der Waals surface area contributed by atoms with Crippen LogP contribution in [0.15, 0.2) is 66.7 Å². The van der Waals surface area contributed by atoms with Gasteiger partial charge in [-0.2, -0.15) is 0 Å². The Bertz CT molecular complexity index is 1220. The van der Waals surface area contributed by atoms with Crippen LogP contribution in [0.5, 0.6) is 23.0 Å². The molecule has 0 aromatic heterocycles. The van der Waals surface area contributed by atoms with Crippen LogP contribution in [0, 0.1) is 0 Å². The lowest BCUT2D eigenvalue weighted by Gasteiger charge is -2.22. The first-order valence-corrected chi connectivity index (χ1v) is 14.1. The number of nitrogens with two attached hydrogens (primary N) is 1. The molecule has 3 rings (SSSR count). The number of methoxy groups -OCH3 is 2. The molecule has 206 valence electrons. The highest BCUT2D eigenvalue weighted by atomic mass is 32.2. The maximum atomic E-state index is 11.5. The molecule has 1 unspecified atom stereocenters. The van der Waals surface area contributed by atoms with E-state index in [1.54, 1.807) is 14.2 Å². The highest BCUT2D eigenvalue weighted by Crippen LogP contribution is 2.32. The van der Waals surface area contributed by atoms with E-state index in [1.807, 2.05) is 24.3 Å². The molecule has 0 radical (unpaired) electrons. The number of benzene rings is 3. The largest absolute Gasteiger partial charge is 0.506 e. The Hall–Kier alpha value is -3.47. The number of aliphatic hydroxyl groups excluding tert-OH is 1. The van der Waals surface area contributed by atoms with Gasteiger partial charge in [0.15, 0.2) is 0 Å². The van der Waals surface area contributed by atoms with Crippen molar-refractivity contribution in [3.63, 3.8) is 0 Å². The Morgan fingerprint density at radius 3 is 1.89 bits per heavy atom. The molecule has 3 aromatic carbocycles. The van der Waals surface area contributed by atoms with E-state index in [9.17, 15) is 18.6 Å². The average molecular weight is 545 g/mol. The Kier molecular flexibility index (Phi) is 10.2. The second-order valence-electron chi connectivity index (χ2n) is 9.13. The van der Waals surface area contributed by atoms with Gasteiger partial charge in [0.25, 0.3) is 0 Å². The van der Waals surface area contributed by atoms with Crippen molar-refractivity contribution in [1.29, 1.82) is 0 Å². The van der Waals surface area contributed by atoms with Crippen molar-refractivity contribution in [1.82, 2.24) is 0 Å². The minimum atomic E-state index is -3.57. The van der Waals surface area contributed by atoms with Gasteiger partial charge < -0.3 is 30.2 Å². The highest BCUT2D eigenvalue weighted by molar-refractivity contribution is 7.92. The lowest BCUT2D eigenvalue weighted by molar-refractivity contribution is 0.0817. The van der Waals surface area contributed by atoms with Crippen molar-refractivity contribution < 1.29 is 32.8 Å². The van der Waals surface area contributed by atoms with E-state index in [2.05, 4.69) is 29.0 Å². The molecule has 0 saturated carbocycles. The van der Waals surface area contributed by atoms with Crippen molar-refractivity contribution in [2.75, 3.05) is 31.8 Å². The molecule has 0 aliphatic heterocycles. The summed E-state index contributed by atoms with van der Waals surface area (Å²) in [4.78, 5) is 0. The molecule has 0 saturated heterocycles. The fraction of sp³-hybridized carbons (Fsp3) is 0.357. The number of ether oxygens (including phenoxy) is 3. The van der Waals surface area contributed by atoms with Crippen LogP contribution < -0.4 is 24.7 Å². The zero-order valence-corrected chi connectivity index (χ0v) is 22.6. The van der Waals surface area contributed by atoms with Crippen LogP contribution in [-0.4, -0.2) is 57.9 Å². The molecule has 10 heteroatoms. The first-order valence-electron chi connectivity index (χ1n) is 12.2. The molecule has 0 bridgehead atoms. The van der Waals surface area contributed by atoms with Crippen LogP contribution in [0.4, 0.5) is 5.69 Å². The van der Waals surface area contributed by atoms with Crippen LogP contribution in [0.2, 0.25) is 0 Å². The molecule has 0 amide bonds. The predicted octanol–water partition coefficient (Wildman–Crippen LogP) is 3.85. The highest BCUT2D eigenvalue weighted by Gasteiger charge is 2.19. The Labute approximate surface area is 224 Å². The van der Waals surface area contributed by atoms with E-state index in [-0.39, 0.29) is 24.0 Å². The van der Waals surface area contributed by atoms with Crippen LogP contribution in [0.1, 0.15) is 36.3 Å². The van der Waals surface area contributed by atoms with Crippen LogP contribution in [0.3, 0.4) is 0 Å². The topological polar surface area (TPSA) is 140 Å². The number of anilines is 1. The monoisotopic (exact) mass is 544 g/mol. The molecule has 38 heavy (non-hydrogen) atoms. The molecule has 0 aliphatic carbocycles. The van der Waals surface area contributed by atoms with E-state index < -0.39 is 22.2 Å². The van der Waals surface area contributed by atoms with Gasteiger partial charge >= 0.3 is 0 Å². The second-order valence-corrected chi connectivity index (χ2v) is 10.9. The third-order valence-electron chi connectivity index (χ3n) is 6.24. The van der Waals surface area contributed by atoms with Crippen LogP contribution in [-0.2, 0) is 10.0 Å². The van der Waals surface area contributed by atoms with Gasteiger partial charge in [-0.1, -0.05) is 30.7 Å². The van der Waals surface area contributed by atoms with E-state index in [0.717, 1.165) is 41.7 Å². The summed E-state index contributed by atoms with van der Waals surface area (Å²) in [6, 6.07) is 19.6. The van der Waals surface area contributed by atoms with Crippen LogP contribution in [0.25, 0.3) is 0 Å². The van der Waals surface area contributed by atoms with Gasteiger partial charge in [0.05, 0.1) is 26.2 Å². The number of aliphatic hydroxyl groups is 1. The molecular weight excluding hydrogens is 508 g/mol. The maximum absolute atomic E-state index is 11.5. The van der Waals surface area contributed by atoms with Crippen molar-refractivity contribution in [3.05, 3.63) is 77.9 Å². The van der Waals surface area contributed by atoms with E-state index in [0.29, 0.717) is 12.2 Å². The molecule has 9 nitrogen and oxygen atoms in total. The van der Waals surface area contributed by atoms with E-state index in [4.69, 9.17) is 19.9 Å². The zero-order valence-electron chi connectivity index (χ0n) is 21.8. The van der Waals surface area contributed by atoms with Gasteiger partial charge in [0, 0.05) is 18.0 Å². The molecule has 5 N–H and O–H groups in total. The van der Waals surface area contributed by atoms with Gasteiger partial charge in [-0.05, 0) is 60.4 Å². The minimum absolute atomic E-state index is 0.00751. The number of hydrogen-bond acceptors (Lipinski definition) is 8. The molecule has 3 aromatic rings. The molecule has 0 spiro atoms. The summed E-state index contributed by atoms with van der Waals surface area (Å²) < 4.78 is 41.4. The number of sulfonamides is 1. The fourth-order valence-electron chi connectivity index (χ4n) is 4.14. The van der Waals surface area contributed by atoms with E-state index >= 15 is 0 Å². The van der Waals surface area contributed by atoms with Gasteiger partial charge in [0.1, 0.15) is 35.7 Å². The summed E-state index contributed by atoms with van der Waals surface area (Å²) in [5.74, 6) is 1.77. The summed E-state index contributed by atoms with van der Waals surface area (Å²) in [7, 11) is -0.297.